The third-order valence-corrected chi connectivity index (χ3v) is 26.9. The molecule has 10 aliphatic rings. The van der Waals surface area contributed by atoms with Gasteiger partial charge in [-0.05, 0) is 229 Å². The number of aromatic nitrogens is 12. The van der Waals surface area contributed by atoms with E-state index in [-0.39, 0.29) is 82.8 Å². The summed E-state index contributed by atoms with van der Waals surface area (Å²) in [6.07, 6.45) is 37.4. The molecule has 6 saturated carbocycles. The molecule has 12 heterocycles. The third-order valence-electron chi connectivity index (χ3n) is 26.9. The van der Waals surface area contributed by atoms with Gasteiger partial charge in [-0.25, -0.2) is 48.7 Å². The SMILES string of the molecule is C=CC(=O)N1C[C@H](Nc2ncnc3[nH]cc([C@@H](O)C4CC4)c23)CC[C@@H]1C.C=CC(=O)N1C[C@H](Nc2ncnc3[nH]cc([C@H](O)C4CC4)c23)CC[C@@H]1C.C=CC(=O)N1C[C@H](Nc2ncnc3[nH]cc([C@H]4CC[C@@]5(C4)CC5(C)F)c23)CC[C@@H]1C.C=CC(=O)N1C[C@H](Nc2ncnc3[nH]cc([C@H]4CC[C@]5(C4)CC5(C)F)c23)CC[C@@H]1C. The number of nitrogens with zero attached hydrogens (tertiary/aromatic N) is 12. The minimum Gasteiger partial charge on any atom is -0.388 e. The Kier molecular flexibility index (Phi) is 21.7. The Morgan fingerprint density at radius 3 is 0.955 bits per heavy atom. The maximum atomic E-state index is 14.6. The second-order valence-electron chi connectivity index (χ2n) is 34.4. The van der Waals surface area contributed by atoms with Gasteiger partial charge < -0.3 is 71.0 Å². The molecule has 16 atom stereocenters. The van der Waals surface area contributed by atoms with Crippen molar-refractivity contribution >= 4 is 91.0 Å². The minimum atomic E-state index is -1.01. The van der Waals surface area contributed by atoms with Crippen LogP contribution in [0.4, 0.5) is 32.1 Å². The molecular formula is C84H110F2N20O6. The number of alkyl halides is 2. The molecule has 2 spiro atoms. The summed E-state index contributed by atoms with van der Waals surface area (Å²) in [5.74, 6) is 4.24. The number of likely N-dealkylation sites (tertiary alicyclic amines) is 4. The topological polar surface area (TPSA) is 336 Å². The molecular weight excluding hydrogens is 1420 g/mol. The number of carbonyl (C=O) groups is 4. The predicted molar refractivity (Wildman–Crippen MR) is 429 cm³/mol. The number of halogens is 2. The molecule has 6 aliphatic carbocycles. The van der Waals surface area contributed by atoms with Gasteiger partial charge in [0.1, 0.15) is 82.5 Å². The van der Waals surface area contributed by atoms with E-state index in [0.29, 0.717) is 62.7 Å². The Bertz CT molecular complexity index is 4550. The molecule has 4 aliphatic heterocycles. The normalized spacial score (nSPS) is 30.5. The smallest absolute Gasteiger partial charge is 0.246 e. The summed E-state index contributed by atoms with van der Waals surface area (Å²) in [4.78, 5) is 104. The van der Waals surface area contributed by atoms with Gasteiger partial charge in [0, 0.05) is 121 Å². The zero-order chi connectivity index (χ0) is 78.7. The molecule has 0 radical (unpaired) electrons. The zero-order valence-corrected chi connectivity index (χ0v) is 65.5. The molecule has 10 N–H and O–H groups in total. The highest BCUT2D eigenvalue weighted by molar-refractivity contribution is 5.95. The fourth-order valence-corrected chi connectivity index (χ4v) is 19.4. The molecule has 0 aromatic carbocycles. The fourth-order valence-electron chi connectivity index (χ4n) is 19.4. The second-order valence-corrected chi connectivity index (χ2v) is 34.4. The molecule has 8 aromatic rings. The Balaban J connectivity index is 0.000000118. The van der Waals surface area contributed by atoms with Crippen LogP contribution < -0.4 is 21.3 Å². The second kappa shape index (κ2) is 31.3. The van der Waals surface area contributed by atoms with Crippen molar-refractivity contribution in [2.45, 2.75) is 254 Å². The summed E-state index contributed by atoms with van der Waals surface area (Å²) in [6.45, 7) is 28.8. The van der Waals surface area contributed by atoms with Crippen molar-refractivity contribution in [2.24, 2.45) is 22.7 Å². The number of anilines is 4. The van der Waals surface area contributed by atoms with Crippen molar-refractivity contribution in [3.8, 4) is 0 Å². The molecule has 10 fully saturated rings. The van der Waals surface area contributed by atoms with E-state index in [1.165, 1.54) is 48.1 Å². The van der Waals surface area contributed by atoms with Gasteiger partial charge in [-0.2, -0.15) is 0 Å². The summed E-state index contributed by atoms with van der Waals surface area (Å²) in [5, 5.41) is 39.1. The summed E-state index contributed by atoms with van der Waals surface area (Å²) < 4.78 is 29.1. The van der Waals surface area contributed by atoms with E-state index >= 15 is 0 Å². The van der Waals surface area contributed by atoms with Crippen LogP contribution in [0, 0.1) is 22.7 Å². The number of aromatic amines is 4. The molecule has 2 unspecified atom stereocenters. The largest absolute Gasteiger partial charge is 0.388 e. The van der Waals surface area contributed by atoms with Crippen LogP contribution in [0.1, 0.15) is 216 Å². The van der Waals surface area contributed by atoms with Crippen molar-refractivity contribution in [3.05, 3.63) is 123 Å². The van der Waals surface area contributed by atoms with Crippen LogP contribution in [0.2, 0.25) is 0 Å². The van der Waals surface area contributed by atoms with E-state index in [0.717, 1.165) is 194 Å². The standard InChI is InChI=1S/2C23H30FN5O.2C19H25N5O2/c2*1-4-18(30)29-11-16(6-5-14(29)2)28-21-19-17(10-25-20(19)26-13-27-21)15-7-8-23(9-15)12-22(23,3)24;2*1-3-15(25)24-9-13(7-4-11(24)2)23-19-16-14(17(26)12-5-6-12)8-20-18(16)21-10-22-19/h2*4,10,13-16H,1,5-9,11-12H2,2-3H3,(H2,25,26,27,28);2*3,8,10-13,17,26H,1,4-7,9H2,2H3,(H2,20,21,22,23)/t14-,15-,16+,22?,23+;14-,15-,16+,22?,23-;11-,13+,17+;11-,13+,17-/m0000/s1. The highest BCUT2D eigenvalue weighted by atomic mass is 19.1. The summed E-state index contributed by atoms with van der Waals surface area (Å²) in [5.41, 5.74) is 4.88. The fraction of sp³-hybridized carbons (Fsp3) is 0.571. The Morgan fingerprint density at radius 2 is 0.696 bits per heavy atom. The molecule has 0 bridgehead atoms. The number of hydrogen-bond acceptors (Lipinski definition) is 18. The van der Waals surface area contributed by atoms with Crippen molar-refractivity contribution in [1.29, 1.82) is 0 Å². The maximum absolute atomic E-state index is 14.6. The average Bonchev–Trinajstić information content (AvgIpc) is 1.54. The number of fused-ring (bicyclic) bond motifs is 4. The number of piperidine rings is 4. The van der Waals surface area contributed by atoms with Gasteiger partial charge in [0.05, 0.1) is 33.8 Å². The number of nitrogens with one attached hydrogen (secondary N) is 8. The predicted octanol–water partition coefficient (Wildman–Crippen LogP) is 13.4. The Labute approximate surface area is 652 Å². The van der Waals surface area contributed by atoms with Gasteiger partial charge in [0.2, 0.25) is 23.6 Å². The van der Waals surface area contributed by atoms with Crippen LogP contribution in [-0.4, -0.2) is 199 Å². The van der Waals surface area contributed by atoms with Crippen LogP contribution in [-0.2, 0) is 19.2 Å². The van der Waals surface area contributed by atoms with E-state index < -0.39 is 23.5 Å². The maximum Gasteiger partial charge on any atom is 0.246 e. The molecule has 112 heavy (non-hydrogen) atoms. The van der Waals surface area contributed by atoms with Gasteiger partial charge in [0.25, 0.3) is 0 Å². The molecule has 4 amide bonds. The number of aliphatic hydroxyl groups is 2. The third kappa shape index (κ3) is 15.5. The van der Waals surface area contributed by atoms with Crippen molar-refractivity contribution < 1.29 is 38.2 Å². The lowest BCUT2D eigenvalue weighted by atomic mass is 9.94. The van der Waals surface area contributed by atoms with Gasteiger partial charge in [-0.3, -0.25) is 19.2 Å². The lowest BCUT2D eigenvalue weighted by Crippen LogP contribution is -2.49. The molecule has 596 valence electrons. The van der Waals surface area contributed by atoms with Gasteiger partial charge in [-0.15, -0.1) is 0 Å². The van der Waals surface area contributed by atoms with Crippen LogP contribution in [0.25, 0.3) is 44.1 Å². The van der Waals surface area contributed by atoms with E-state index in [1.807, 2.05) is 44.4 Å². The quantitative estimate of drug-likeness (QED) is 0.0357. The molecule has 18 rings (SSSR count). The number of carbonyl (C=O) groups excluding carboxylic acids is 4. The first-order chi connectivity index (χ1) is 53.8. The number of amides is 4. The number of aliphatic hydroxyl groups excluding tert-OH is 2. The number of rotatable bonds is 18. The van der Waals surface area contributed by atoms with Gasteiger partial charge >= 0.3 is 0 Å². The van der Waals surface area contributed by atoms with E-state index in [9.17, 15) is 38.2 Å². The lowest BCUT2D eigenvalue weighted by molar-refractivity contribution is -0.130. The van der Waals surface area contributed by atoms with Crippen molar-refractivity contribution in [3.63, 3.8) is 0 Å². The van der Waals surface area contributed by atoms with Crippen molar-refractivity contribution in [2.75, 3.05) is 47.4 Å². The monoisotopic (exact) mass is 1530 g/mol. The van der Waals surface area contributed by atoms with Crippen molar-refractivity contribution in [1.82, 2.24) is 79.4 Å². The van der Waals surface area contributed by atoms with E-state index in [1.54, 1.807) is 26.5 Å². The van der Waals surface area contributed by atoms with Crippen LogP contribution in [0.5, 0.6) is 0 Å². The molecule has 28 heteroatoms. The minimum absolute atomic E-state index is 0.0286. The summed E-state index contributed by atoms with van der Waals surface area (Å²) in [6, 6.07) is 1.31. The highest BCUT2D eigenvalue weighted by Crippen LogP contribution is 2.71. The first-order valence-electron chi connectivity index (χ1n) is 40.6. The zero-order valence-electron chi connectivity index (χ0n) is 65.5. The van der Waals surface area contributed by atoms with E-state index in [4.69, 9.17) is 0 Å². The number of H-pyrrole nitrogens is 4. The highest BCUT2D eigenvalue weighted by Gasteiger charge is 2.69. The summed E-state index contributed by atoms with van der Waals surface area (Å²) >= 11 is 0. The Morgan fingerprint density at radius 1 is 0.429 bits per heavy atom. The van der Waals surface area contributed by atoms with Crippen LogP contribution >= 0.6 is 0 Å². The van der Waals surface area contributed by atoms with Gasteiger partial charge in [-0.1, -0.05) is 26.3 Å². The summed E-state index contributed by atoms with van der Waals surface area (Å²) in [7, 11) is 0. The molecule has 26 nitrogen and oxygen atoms in total. The molecule has 4 saturated heterocycles. The van der Waals surface area contributed by atoms with E-state index in [2.05, 4.69) is 135 Å². The molecule has 8 aromatic heterocycles. The first-order valence-corrected chi connectivity index (χ1v) is 40.6. The lowest BCUT2D eigenvalue weighted by Gasteiger charge is -2.38. The average molecular weight is 1530 g/mol. The van der Waals surface area contributed by atoms with Crippen LogP contribution in [0.3, 0.4) is 0 Å². The first kappa shape index (κ1) is 77.6. The Hall–Kier alpha value is -9.70. The van der Waals surface area contributed by atoms with Gasteiger partial charge in [0.15, 0.2) is 0 Å². The van der Waals surface area contributed by atoms with Crippen LogP contribution in [0.15, 0.2) is 101 Å². The number of hydrogen-bond donors (Lipinski definition) is 10.